The Balaban J connectivity index is -0.00000000750. The fourth-order valence-corrected chi connectivity index (χ4v) is 0. The molecule has 0 rings (SSSR count). The van der Waals surface area contributed by atoms with E-state index < -0.39 is 6.16 Å². The third kappa shape index (κ3) is 61.5. The van der Waals surface area contributed by atoms with Crippen molar-refractivity contribution in [1.29, 1.82) is 0 Å². The molecule has 0 aromatic rings. The first-order valence-electron chi connectivity index (χ1n) is 0.651. The Bertz CT molecular complexity index is 42.3. The molecule has 8 heavy (non-hydrogen) atoms. The number of carboxylic acid groups (broad SMARTS) is 2. The molecule has 0 aliphatic rings. The molecule has 0 bridgehead atoms. The number of carbonyl (C=O) groups is 1. The van der Waals surface area contributed by atoms with Crippen LogP contribution in [0.3, 0.4) is 0 Å². The van der Waals surface area contributed by atoms with Gasteiger partial charge < -0.3 is 10.2 Å². The summed E-state index contributed by atoms with van der Waals surface area (Å²) in [6.07, 6.45) is -1.83. The second-order valence-electron chi connectivity index (χ2n) is 0.283. The van der Waals surface area contributed by atoms with E-state index in [2.05, 4.69) is 0 Å². The molecule has 0 heterocycles. The first kappa shape index (κ1) is 30.4. The molecule has 0 saturated carbocycles. The summed E-state index contributed by atoms with van der Waals surface area (Å²) in [6.45, 7) is 0. The van der Waals surface area contributed by atoms with Gasteiger partial charge in [0.15, 0.2) is 0 Å². The summed E-state index contributed by atoms with van der Waals surface area (Å²) >= 11 is 0. The van der Waals surface area contributed by atoms with E-state index in [1.165, 1.54) is 0 Å². The van der Waals surface area contributed by atoms with E-state index in [0.29, 0.717) is 0 Å². The van der Waals surface area contributed by atoms with Gasteiger partial charge in [-0.15, -0.1) is 0 Å². The van der Waals surface area contributed by atoms with Gasteiger partial charge in [0.1, 0.15) is 0 Å². The normalized spacial score (nSPS) is 3.00. The molecule has 0 atom stereocenters. The van der Waals surface area contributed by atoms with Crippen molar-refractivity contribution >= 4 is 6.16 Å². The summed E-state index contributed by atoms with van der Waals surface area (Å²) in [5.41, 5.74) is 0. The number of rotatable bonds is 0. The predicted octanol–water partition coefficient (Wildman–Crippen LogP) is 0.375. The zero-order valence-corrected chi connectivity index (χ0v) is 14.3. The summed E-state index contributed by atoms with van der Waals surface area (Å²) in [5, 5.41) is 13.9. The molecule has 3 nitrogen and oxygen atoms in total. The molecule has 0 fully saturated rings. The minimum atomic E-state index is -1.83. The van der Waals surface area contributed by atoms with Gasteiger partial charge >= 0.3 is 6.16 Å². The Hall–Kier alpha value is 3.14. The van der Waals surface area contributed by atoms with E-state index in [0.717, 1.165) is 0 Å². The third-order valence-corrected chi connectivity index (χ3v) is 0. The molecule has 0 amide bonds. The van der Waals surface area contributed by atoms with Crippen LogP contribution in [0.4, 0.5) is 9.50 Å². The molecule has 0 aliphatic heterocycles. The second kappa shape index (κ2) is 22.5. The van der Waals surface area contributed by atoms with Crippen LogP contribution >= 0.6 is 0 Å². The number of hydrogen-bond donors (Lipinski definition) is 2. The van der Waals surface area contributed by atoms with Crippen LogP contribution in [0.25, 0.3) is 0 Å². The first-order valence-corrected chi connectivity index (χ1v) is 0.651. The van der Waals surface area contributed by atoms with E-state index in [-0.39, 0.29) is 123 Å². The quantitative estimate of drug-likeness (QED) is 0.504. The van der Waals surface area contributed by atoms with Gasteiger partial charge in [0.2, 0.25) is 0 Å². The molecule has 0 saturated heterocycles. The maximum atomic E-state index is 8.56. The predicted molar refractivity (Wildman–Crippen MR) is 13.2 cm³/mol. The summed E-state index contributed by atoms with van der Waals surface area (Å²) in [7, 11) is 0. The van der Waals surface area contributed by atoms with Crippen molar-refractivity contribution in [3.63, 3.8) is 0 Å². The molecule has 2 N–H and O–H groups in total. The van der Waals surface area contributed by atoms with Crippen LogP contribution in [0.2, 0.25) is 0 Å². The van der Waals surface area contributed by atoms with Gasteiger partial charge in [-0.2, -0.15) is 0 Å². The number of halogens is 1. The van der Waals surface area contributed by atoms with Gasteiger partial charge in [0.05, 0.1) is 0 Å². The zero-order chi connectivity index (χ0) is 3.58. The van der Waals surface area contributed by atoms with Crippen molar-refractivity contribution in [2.45, 2.75) is 0 Å². The minimum Gasteiger partial charge on any atom is -0.450 e. The van der Waals surface area contributed by atoms with Gasteiger partial charge in [-0.25, -0.2) is 4.79 Å². The van der Waals surface area contributed by atoms with Crippen LogP contribution in [0.5, 0.6) is 0 Å². The van der Waals surface area contributed by atoms with Crippen LogP contribution in [-0.4, -0.2) is 16.4 Å². The summed E-state index contributed by atoms with van der Waals surface area (Å²) in [6, 6.07) is 0. The van der Waals surface area contributed by atoms with Crippen molar-refractivity contribution in [2.24, 2.45) is 0 Å². The Morgan fingerprint density at radius 3 is 1.25 bits per heavy atom. The fraction of sp³-hybridized carbons (Fsp3) is 0. The monoisotopic (exact) mass is 502 g/mol. The Labute approximate surface area is 141 Å². The van der Waals surface area contributed by atoms with Crippen molar-refractivity contribution in [2.75, 3.05) is 0 Å². The third-order valence-electron chi connectivity index (χ3n) is 0. The van der Waals surface area contributed by atoms with Gasteiger partial charge in [0.25, 0.3) is 0 Å². The molecule has 0 aromatic heterocycles. The average Bonchev–Trinajstić information content (AvgIpc) is 0.811. The topological polar surface area (TPSA) is 57.5 Å². The van der Waals surface area contributed by atoms with Crippen LogP contribution in [0.15, 0.2) is 0 Å². The van der Waals surface area contributed by atoms with Crippen LogP contribution in [0, 0.1) is 119 Å². The standard InChI is InChI=1S/CH2O3.Ce.FH.La.Pr/c2-1(3)4;;;;/h(H2,2,3,4);;1H;;. The Morgan fingerprint density at radius 2 is 1.25 bits per heavy atom. The van der Waals surface area contributed by atoms with Crippen LogP contribution in [0.1, 0.15) is 0 Å². The Morgan fingerprint density at radius 1 is 1.25 bits per heavy atom. The minimum absolute atomic E-state index is 0. The molecule has 42 valence electrons. The van der Waals surface area contributed by atoms with Crippen molar-refractivity contribution in [3.8, 4) is 0 Å². The van der Waals surface area contributed by atoms with Crippen molar-refractivity contribution in [1.82, 2.24) is 0 Å². The van der Waals surface area contributed by atoms with E-state index >= 15 is 0 Å². The SMILES string of the molecule is F.O=C(O)O.[Ce].[La].[Pr]. The van der Waals surface area contributed by atoms with Crippen LogP contribution < -0.4 is 0 Å². The molecule has 0 aliphatic carbocycles. The molecule has 0 unspecified atom stereocenters. The van der Waals surface area contributed by atoms with Gasteiger partial charge in [-0.3, -0.25) is 4.70 Å². The largest absolute Gasteiger partial charge is 0.503 e. The molecule has 2 radical (unpaired) electrons. The van der Waals surface area contributed by atoms with Gasteiger partial charge in [0, 0.05) is 119 Å². The fourth-order valence-electron chi connectivity index (χ4n) is 0. The Kier molecular flexibility index (Phi) is 85.4. The zero-order valence-electron chi connectivity index (χ0n) is 3.87. The molecule has 0 aromatic carbocycles. The average molecular weight is 502 g/mol. The van der Waals surface area contributed by atoms with Crippen molar-refractivity contribution < 1.29 is 138 Å². The second-order valence-corrected chi connectivity index (χ2v) is 0.283. The summed E-state index contributed by atoms with van der Waals surface area (Å²) in [5.74, 6) is 0. The maximum Gasteiger partial charge on any atom is 0.503 e. The van der Waals surface area contributed by atoms with E-state index in [4.69, 9.17) is 15.0 Å². The van der Waals surface area contributed by atoms with Gasteiger partial charge in [-0.05, 0) is 0 Å². The molecular weight excluding hydrogens is 499 g/mol. The summed E-state index contributed by atoms with van der Waals surface area (Å²) in [4.78, 5) is 8.56. The van der Waals surface area contributed by atoms with Crippen LogP contribution in [-0.2, 0) is 0 Å². The summed E-state index contributed by atoms with van der Waals surface area (Å²) < 4.78 is 0. The molecule has 7 heteroatoms. The van der Waals surface area contributed by atoms with E-state index in [1.54, 1.807) is 0 Å². The van der Waals surface area contributed by atoms with Gasteiger partial charge in [-0.1, -0.05) is 0 Å². The van der Waals surface area contributed by atoms with Crippen molar-refractivity contribution in [3.05, 3.63) is 0 Å². The number of hydrogen-bond acceptors (Lipinski definition) is 1. The smallest absolute Gasteiger partial charge is 0.450 e. The molecule has 0 spiro atoms. The maximum absolute atomic E-state index is 8.56. The van der Waals surface area contributed by atoms with E-state index in [9.17, 15) is 0 Å². The first-order chi connectivity index (χ1) is 1.73. The molecular formula is CH3CeFLaO3Pr. The van der Waals surface area contributed by atoms with E-state index in [1.807, 2.05) is 0 Å².